The van der Waals surface area contributed by atoms with E-state index in [0.717, 1.165) is 36.2 Å². The number of nitrogens with zero attached hydrogens (tertiary/aromatic N) is 2. The van der Waals surface area contributed by atoms with Gasteiger partial charge in [0.1, 0.15) is 9.96 Å². The zero-order valence-electron chi connectivity index (χ0n) is 26.6. The Kier molecular flexibility index (Phi) is 13.2. The van der Waals surface area contributed by atoms with Gasteiger partial charge < -0.3 is 19.5 Å². The molecule has 3 aromatic rings. The van der Waals surface area contributed by atoms with Crippen molar-refractivity contribution in [2.75, 3.05) is 38.1 Å². The predicted molar refractivity (Wildman–Crippen MR) is 185 cm³/mol. The Morgan fingerprint density at radius 2 is 1.91 bits per heavy atom. The molecule has 4 atom stereocenters. The van der Waals surface area contributed by atoms with Gasteiger partial charge in [0, 0.05) is 37.8 Å². The van der Waals surface area contributed by atoms with Gasteiger partial charge in [0.2, 0.25) is 0 Å². The molecule has 13 heteroatoms. The van der Waals surface area contributed by atoms with Gasteiger partial charge >= 0.3 is 0 Å². The Labute approximate surface area is 286 Å². The fourth-order valence-corrected chi connectivity index (χ4v) is 7.75. The molecule has 1 aliphatic rings. The maximum atomic E-state index is 14.3. The van der Waals surface area contributed by atoms with Gasteiger partial charge in [-0.2, -0.15) is 0 Å². The van der Waals surface area contributed by atoms with Crippen molar-refractivity contribution in [3.63, 3.8) is 0 Å². The standard InChI is InChI=1S/C33H43Cl2N3O6S2/c1-22-18-38(23(2)21-39)33(40)27-17-26(36-46(41,42)32-9-7-15-45-32)11-13-30(27)44-24(3)8-5-6-14-43-31(22)20-37(4)19-25-10-12-28(34)29(35)16-25/h7,9-13,15-17,22-24,31,36,39H,5-6,8,14,18-21H2,1-4H3/t22-,23-,24+,31-/m1/s1. The summed E-state index contributed by atoms with van der Waals surface area (Å²) in [5, 5.41) is 12.9. The number of halogens is 2. The van der Waals surface area contributed by atoms with Crippen molar-refractivity contribution in [2.24, 2.45) is 5.92 Å². The van der Waals surface area contributed by atoms with Crippen molar-refractivity contribution >= 4 is 56.2 Å². The molecular weight excluding hydrogens is 669 g/mol. The van der Waals surface area contributed by atoms with Crippen LogP contribution in [0.4, 0.5) is 5.69 Å². The number of hydrogen-bond donors (Lipinski definition) is 2. The molecule has 2 heterocycles. The van der Waals surface area contributed by atoms with Gasteiger partial charge in [0.05, 0.1) is 40.5 Å². The van der Waals surface area contributed by atoms with E-state index in [9.17, 15) is 18.3 Å². The van der Waals surface area contributed by atoms with Crippen LogP contribution in [0.2, 0.25) is 10.0 Å². The molecule has 2 N–H and O–H groups in total. The van der Waals surface area contributed by atoms with Gasteiger partial charge in [-0.05, 0) is 87.5 Å². The molecule has 4 rings (SSSR count). The van der Waals surface area contributed by atoms with Crippen LogP contribution in [-0.2, 0) is 21.3 Å². The Hall–Kier alpha value is -2.38. The van der Waals surface area contributed by atoms with Crippen molar-refractivity contribution in [3.8, 4) is 5.75 Å². The maximum absolute atomic E-state index is 14.3. The molecule has 2 aromatic carbocycles. The molecule has 0 bridgehead atoms. The lowest BCUT2D eigenvalue weighted by molar-refractivity contribution is -0.0177. The number of carbonyl (C=O) groups excluding carboxylic acids is 1. The Morgan fingerprint density at radius 3 is 2.61 bits per heavy atom. The fourth-order valence-electron chi connectivity index (χ4n) is 5.39. The molecule has 0 fully saturated rings. The maximum Gasteiger partial charge on any atom is 0.271 e. The number of nitrogens with one attached hydrogen (secondary N) is 1. The van der Waals surface area contributed by atoms with Crippen molar-refractivity contribution < 1.29 is 27.8 Å². The minimum Gasteiger partial charge on any atom is -0.490 e. The highest BCUT2D eigenvalue weighted by Gasteiger charge is 2.31. The van der Waals surface area contributed by atoms with E-state index in [1.165, 1.54) is 12.1 Å². The zero-order valence-corrected chi connectivity index (χ0v) is 29.8. The fraction of sp³-hybridized carbons (Fsp3) is 0.485. The van der Waals surface area contributed by atoms with Gasteiger partial charge in [0.15, 0.2) is 0 Å². The number of thiophene rings is 1. The molecule has 46 heavy (non-hydrogen) atoms. The summed E-state index contributed by atoms with van der Waals surface area (Å²) in [6.07, 6.45) is 2.06. The van der Waals surface area contributed by atoms with Crippen LogP contribution in [0, 0.1) is 5.92 Å². The second-order valence-corrected chi connectivity index (χ2v) is 15.7. The molecule has 0 saturated carbocycles. The molecule has 0 saturated heterocycles. The van der Waals surface area contributed by atoms with E-state index in [2.05, 4.69) is 9.62 Å². The van der Waals surface area contributed by atoms with Crippen LogP contribution in [0.1, 0.15) is 56.0 Å². The van der Waals surface area contributed by atoms with Crippen LogP contribution in [-0.4, -0.2) is 80.8 Å². The van der Waals surface area contributed by atoms with Crippen LogP contribution in [0.25, 0.3) is 0 Å². The number of ether oxygens (including phenoxy) is 2. The number of rotatable bonds is 9. The third-order valence-electron chi connectivity index (χ3n) is 7.99. The van der Waals surface area contributed by atoms with E-state index >= 15 is 0 Å². The summed E-state index contributed by atoms with van der Waals surface area (Å²) in [4.78, 5) is 18.1. The van der Waals surface area contributed by atoms with E-state index in [4.69, 9.17) is 32.7 Å². The molecular formula is C33H43Cl2N3O6S2. The largest absolute Gasteiger partial charge is 0.490 e. The average molecular weight is 713 g/mol. The number of fused-ring (bicyclic) bond motifs is 1. The first-order valence-corrected chi connectivity index (χ1v) is 18.5. The van der Waals surface area contributed by atoms with Crippen LogP contribution in [0.15, 0.2) is 58.1 Å². The second-order valence-electron chi connectivity index (χ2n) is 12.0. The molecule has 0 unspecified atom stereocenters. The highest BCUT2D eigenvalue weighted by atomic mass is 35.5. The van der Waals surface area contributed by atoms with Gasteiger partial charge in [-0.3, -0.25) is 14.4 Å². The van der Waals surface area contributed by atoms with Gasteiger partial charge in [-0.15, -0.1) is 11.3 Å². The molecule has 0 spiro atoms. The number of carbonyl (C=O) groups is 1. The summed E-state index contributed by atoms with van der Waals surface area (Å²) in [5.74, 6) is -0.112. The lowest BCUT2D eigenvalue weighted by Gasteiger charge is -2.36. The smallest absolute Gasteiger partial charge is 0.271 e. The lowest BCUT2D eigenvalue weighted by atomic mass is 10.0. The van der Waals surface area contributed by atoms with E-state index in [1.807, 2.05) is 33.0 Å². The van der Waals surface area contributed by atoms with E-state index in [1.54, 1.807) is 41.5 Å². The summed E-state index contributed by atoms with van der Waals surface area (Å²) in [6, 6.07) is 13.0. The summed E-state index contributed by atoms with van der Waals surface area (Å²) in [5.41, 5.74) is 1.48. The molecule has 1 amide bonds. The van der Waals surface area contributed by atoms with E-state index in [-0.39, 0.29) is 46.1 Å². The SMILES string of the molecule is C[C@@H]1CN([C@H](C)CO)C(=O)c2cc(NS(=O)(=O)c3cccs3)ccc2O[C@@H](C)CCCCO[C@@H]1CN(C)Cc1ccc(Cl)c(Cl)c1. The Balaban J connectivity index is 1.62. The third kappa shape index (κ3) is 9.82. The number of hydrogen-bond acceptors (Lipinski definition) is 8. The predicted octanol–water partition coefficient (Wildman–Crippen LogP) is 6.78. The number of aliphatic hydroxyl groups is 1. The summed E-state index contributed by atoms with van der Waals surface area (Å²) in [7, 11) is -1.82. The van der Waals surface area contributed by atoms with Gasteiger partial charge in [0.25, 0.3) is 15.9 Å². The molecule has 252 valence electrons. The Morgan fingerprint density at radius 1 is 1.13 bits per heavy atom. The normalized spacial score (nSPS) is 20.9. The highest BCUT2D eigenvalue weighted by molar-refractivity contribution is 7.94. The first-order valence-electron chi connectivity index (χ1n) is 15.4. The average Bonchev–Trinajstić information content (AvgIpc) is 3.57. The van der Waals surface area contributed by atoms with E-state index < -0.39 is 16.1 Å². The molecule has 0 radical (unpaired) electrons. The highest BCUT2D eigenvalue weighted by Crippen LogP contribution is 2.30. The molecule has 1 aromatic heterocycles. The van der Waals surface area contributed by atoms with Gasteiger partial charge in [-0.25, -0.2) is 8.42 Å². The molecule has 0 aliphatic carbocycles. The quantitative estimate of drug-likeness (QED) is 0.252. The summed E-state index contributed by atoms with van der Waals surface area (Å²) < 4.78 is 41.4. The number of amides is 1. The number of aliphatic hydroxyl groups excluding tert-OH is 1. The molecule has 9 nitrogen and oxygen atoms in total. The first kappa shape index (κ1) is 36.5. The number of anilines is 1. The van der Waals surface area contributed by atoms with Gasteiger partial charge in [-0.1, -0.05) is 42.3 Å². The minimum atomic E-state index is -3.84. The third-order valence-corrected chi connectivity index (χ3v) is 11.5. The number of benzene rings is 2. The number of sulfonamides is 1. The first-order chi connectivity index (χ1) is 21.9. The zero-order chi connectivity index (χ0) is 33.4. The second kappa shape index (κ2) is 16.6. The van der Waals surface area contributed by atoms with Crippen molar-refractivity contribution in [1.29, 1.82) is 0 Å². The lowest BCUT2D eigenvalue weighted by Crippen LogP contribution is -2.47. The van der Waals surface area contributed by atoms with Crippen molar-refractivity contribution in [2.45, 2.75) is 69.0 Å². The summed E-state index contributed by atoms with van der Waals surface area (Å²) in [6.45, 7) is 7.62. The van der Waals surface area contributed by atoms with Crippen molar-refractivity contribution in [1.82, 2.24) is 9.80 Å². The topological polar surface area (TPSA) is 108 Å². The summed E-state index contributed by atoms with van der Waals surface area (Å²) >= 11 is 13.5. The minimum absolute atomic E-state index is 0.110. The van der Waals surface area contributed by atoms with Crippen LogP contribution < -0.4 is 9.46 Å². The molecule has 1 aliphatic heterocycles. The van der Waals surface area contributed by atoms with Crippen LogP contribution in [0.5, 0.6) is 5.75 Å². The Bertz CT molecular complexity index is 1560. The number of likely N-dealkylation sites (N-methyl/N-ethyl adjacent to an activating group) is 1. The van der Waals surface area contributed by atoms with Crippen LogP contribution >= 0.6 is 34.5 Å². The van der Waals surface area contributed by atoms with E-state index in [0.29, 0.717) is 42.0 Å². The van der Waals surface area contributed by atoms with Crippen LogP contribution in [0.3, 0.4) is 0 Å². The monoisotopic (exact) mass is 711 g/mol. The van der Waals surface area contributed by atoms with Crippen molar-refractivity contribution in [3.05, 3.63) is 75.1 Å².